The number of nitrogens with one attached hydrogen (secondary N) is 1. The van der Waals surface area contributed by atoms with Gasteiger partial charge in [0.25, 0.3) is 5.91 Å². The number of halogens is 1. The molecule has 1 amide bonds. The number of hydrogen-bond acceptors (Lipinski definition) is 2. The van der Waals surface area contributed by atoms with E-state index in [1.807, 2.05) is 0 Å². The van der Waals surface area contributed by atoms with Crippen LogP contribution in [-0.2, 0) is 6.54 Å². The number of hydrogen-bond donors (Lipinski definition) is 1. The van der Waals surface area contributed by atoms with Gasteiger partial charge in [-0.2, -0.15) is 0 Å². The zero-order valence-electron chi connectivity index (χ0n) is 9.37. The highest BCUT2D eigenvalue weighted by Gasteiger charge is 2.08. The lowest BCUT2D eigenvalue weighted by Gasteiger charge is -2.04. The molecule has 17 heavy (non-hydrogen) atoms. The van der Waals surface area contributed by atoms with E-state index < -0.39 is 0 Å². The van der Waals surface area contributed by atoms with Crippen molar-refractivity contribution >= 4 is 5.91 Å². The van der Waals surface area contributed by atoms with E-state index in [1.54, 1.807) is 31.2 Å². The Balaban J connectivity index is 2.02. The molecule has 1 aromatic heterocycles. The Labute approximate surface area is 98.3 Å². The summed E-state index contributed by atoms with van der Waals surface area (Å²) in [5, 5.41) is 2.65. The third-order valence-corrected chi connectivity index (χ3v) is 2.44. The van der Waals surface area contributed by atoms with Gasteiger partial charge in [-0.05, 0) is 36.8 Å². The largest absolute Gasteiger partial charge is 0.467 e. The fourth-order valence-corrected chi connectivity index (χ4v) is 1.42. The molecule has 0 aliphatic heterocycles. The molecule has 2 aromatic rings. The highest BCUT2D eigenvalue weighted by Crippen LogP contribution is 2.09. The molecule has 0 aliphatic rings. The number of rotatable bonds is 3. The third-order valence-electron chi connectivity index (χ3n) is 2.44. The zero-order chi connectivity index (χ0) is 12.3. The Morgan fingerprint density at radius 2 is 2.24 bits per heavy atom. The van der Waals surface area contributed by atoms with Crippen LogP contribution in [0.2, 0.25) is 0 Å². The Morgan fingerprint density at radius 3 is 2.88 bits per heavy atom. The second-order valence-electron chi connectivity index (χ2n) is 3.73. The topological polar surface area (TPSA) is 42.2 Å². The van der Waals surface area contributed by atoms with Gasteiger partial charge in [0.2, 0.25) is 0 Å². The molecule has 0 fully saturated rings. The number of benzene rings is 1. The van der Waals surface area contributed by atoms with Gasteiger partial charge in [-0.3, -0.25) is 4.79 Å². The first-order valence-corrected chi connectivity index (χ1v) is 5.23. The Morgan fingerprint density at radius 1 is 1.41 bits per heavy atom. The molecule has 0 spiro atoms. The van der Waals surface area contributed by atoms with Crippen LogP contribution in [0.25, 0.3) is 0 Å². The number of aryl methyl sites for hydroxylation is 1. The van der Waals surface area contributed by atoms with Crippen LogP contribution in [0.1, 0.15) is 21.7 Å². The number of furan rings is 1. The molecule has 0 aliphatic carbocycles. The molecule has 0 radical (unpaired) electrons. The maximum Gasteiger partial charge on any atom is 0.251 e. The lowest BCUT2D eigenvalue weighted by atomic mass is 10.1. The van der Waals surface area contributed by atoms with Crippen LogP contribution in [-0.4, -0.2) is 5.91 Å². The standard InChI is InChI=1S/C13H12FNO2/c1-9-4-5-10(7-12(9)14)13(16)15-8-11-3-2-6-17-11/h2-7H,8H2,1H3,(H,15,16). The maximum atomic E-state index is 13.3. The van der Waals surface area contributed by atoms with Gasteiger partial charge in [-0.15, -0.1) is 0 Å². The molecule has 0 atom stereocenters. The fraction of sp³-hybridized carbons (Fsp3) is 0.154. The minimum absolute atomic E-state index is 0.293. The maximum absolute atomic E-state index is 13.3. The zero-order valence-corrected chi connectivity index (χ0v) is 9.37. The summed E-state index contributed by atoms with van der Waals surface area (Å²) >= 11 is 0. The summed E-state index contributed by atoms with van der Waals surface area (Å²) in [4.78, 5) is 11.7. The average molecular weight is 233 g/mol. The predicted octanol–water partition coefficient (Wildman–Crippen LogP) is 2.66. The molecule has 0 unspecified atom stereocenters. The van der Waals surface area contributed by atoms with E-state index in [0.717, 1.165) is 0 Å². The van der Waals surface area contributed by atoms with E-state index in [-0.39, 0.29) is 11.7 Å². The fourth-order valence-electron chi connectivity index (χ4n) is 1.42. The first-order chi connectivity index (χ1) is 8.16. The molecule has 3 nitrogen and oxygen atoms in total. The van der Waals surface area contributed by atoms with Crippen LogP contribution in [0.5, 0.6) is 0 Å². The summed E-state index contributed by atoms with van der Waals surface area (Å²) in [6.45, 7) is 1.95. The van der Waals surface area contributed by atoms with E-state index in [2.05, 4.69) is 5.32 Å². The molecule has 4 heteroatoms. The quantitative estimate of drug-likeness (QED) is 0.885. The molecule has 1 aromatic carbocycles. The van der Waals surface area contributed by atoms with E-state index in [9.17, 15) is 9.18 Å². The van der Waals surface area contributed by atoms with Crippen molar-refractivity contribution in [3.05, 3.63) is 59.3 Å². The van der Waals surface area contributed by atoms with Crippen molar-refractivity contribution < 1.29 is 13.6 Å². The van der Waals surface area contributed by atoms with E-state index in [0.29, 0.717) is 23.4 Å². The van der Waals surface area contributed by atoms with Gasteiger partial charge < -0.3 is 9.73 Å². The first kappa shape index (κ1) is 11.4. The summed E-state index contributed by atoms with van der Waals surface area (Å²) in [7, 11) is 0. The summed E-state index contributed by atoms with van der Waals surface area (Å²) in [6.07, 6.45) is 1.53. The molecule has 0 bridgehead atoms. The normalized spacial score (nSPS) is 10.2. The second-order valence-corrected chi connectivity index (χ2v) is 3.73. The molecule has 0 saturated carbocycles. The molecular weight excluding hydrogens is 221 g/mol. The van der Waals surface area contributed by atoms with E-state index in [4.69, 9.17) is 4.42 Å². The summed E-state index contributed by atoms with van der Waals surface area (Å²) in [5.74, 6) is -0.0399. The monoisotopic (exact) mass is 233 g/mol. The van der Waals surface area contributed by atoms with Crippen LogP contribution >= 0.6 is 0 Å². The first-order valence-electron chi connectivity index (χ1n) is 5.23. The summed E-state index contributed by atoms with van der Waals surface area (Å²) in [5.41, 5.74) is 0.826. The highest BCUT2D eigenvalue weighted by molar-refractivity contribution is 5.94. The van der Waals surface area contributed by atoms with Crippen LogP contribution in [0, 0.1) is 12.7 Å². The van der Waals surface area contributed by atoms with Crippen molar-refractivity contribution in [1.29, 1.82) is 0 Å². The minimum atomic E-state index is -0.379. The SMILES string of the molecule is Cc1ccc(C(=O)NCc2ccco2)cc1F. The molecular formula is C13H12FNO2. The highest BCUT2D eigenvalue weighted by atomic mass is 19.1. The Hall–Kier alpha value is -2.10. The molecule has 88 valence electrons. The van der Waals surface area contributed by atoms with Gasteiger partial charge in [-0.1, -0.05) is 6.07 Å². The van der Waals surface area contributed by atoms with Gasteiger partial charge in [0.1, 0.15) is 11.6 Å². The lowest BCUT2D eigenvalue weighted by Crippen LogP contribution is -2.22. The number of carbonyl (C=O) groups excluding carboxylic acids is 1. The van der Waals surface area contributed by atoms with Gasteiger partial charge in [0.15, 0.2) is 0 Å². The minimum Gasteiger partial charge on any atom is -0.467 e. The van der Waals surface area contributed by atoms with E-state index in [1.165, 1.54) is 12.3 Å². The second kappa shape index (κ2) is 4.82. The van der Waals surface area contributed by atoms with Crippen molar-refractivity contribution in [3.8, 4) is 0 Å². The summed E-state index contributed by atoms with van der Waals surface area (Å²) < 4.78 is 18.3. The third kappa shape index (κ3) is 2.72. The number of carbonyl (C=O) groups is 1. The predicted molar refractivity (Wildman–Crippen MR) is 61.0 cm³/mol. The smallest absolute Gasteiger partial charge is 0.251 e. The van der Waals surface area contributed by atoms with Crippen molar-refractivity contribution in [1.82, 2.24) is 5.32 Å². The van der Waals surface area contributed by atoms with Crippen molar-refractivity contribution in [2.24, 2.45) is 0 Å². The van der Waals surface area contributed by atoms with Gasteiger partial charge in [-0.25, -0.2) is 4.39 Å². The molecule has 1 heterocycles. The van der Waals surface area contributed by atoms with Gasteiger partial charge >= 0.3 is 0 Å². The molecule has 1 N–H and O–H groups in total. The van der Waals surface area contributed by atoms with Crippen molar-refractivity contribution in [3.63, 3.8) is 0 Å². The van der Waals surface area contributed by atoms with Crippen molar-refractivity contribution in [2.45, 2.75) is 13.5 Å². The van der Waals surface area contributed by atoms with Crippen LogP contribution < -0.4 is 5.32 Å². The van der Waals surface area contributed by atoms with E-state index >= 15 is 0 Å². The van der Waals surface area contributed by atoms with Crippen molar-refractivity contribution in [2.75, 3.05) is 0 Å². The lowest BCUT2D eigenvalue weighted by molar-refractivity contribution is 0.0947. The average Bonchev–Trinajstić information content (AvgIpc) is 2.82. The van der Waals surface area contributed by atoms with Crippen LogP contribution in [0.4, 0.5) is 4.39 Å². The Bertz CT molecular complexity index is 520. The Kier molecular flexibility index (Phi) is 3.23. The molecule has 0 saturated heterocycles. The van der Waals surface area contributed by atoms with Gasteiger partial charge in [0.05, 0.1) is 12.8 Å². The van der Waals surface area contributed by atoms with Gasteiger partial charge in [0, 0.05) is 5.56 Å². The van der Waals surface area contributed by atoms with Crippen LogP contribution in [0.3, 0.4) is 0 Å². The van der Waals surface area contributed by atoms with Crippen LogP contribution in [0.15, 0.2) is 41.0 Å². The number of amides is 1. The summed E-state index contributed by atoms with van der Waals surface area (Å²) in [6, 6.07) is 7.91. The molecule has 2 rings (SSSR count).